The van der Waals surface area contributed by atoms with Crippen LogP contribution in [0.2, 0.25) is 0 Å². The fourth-order valence-electron chi connectivity index (χ4n) is 3.84. The lowest BCUT2D eigenvalue weighted by Crippen LogP contribution is -2.43. The predicted molar refractivity (Wildman–Crippen MR) is 131 cm³/mol. The molecule has 5 N–H and O–H groups in total. The summed E-state index contributed by atoms with van der Waals surface area (Å²) in [5.41, 5.74) is 6.93. The van der Waals surface area contributed by atoms with Gasteiger partial charge in [-0.1, -0.05) is 12.1 Å². The molecule has 1 aliphatic rings. The maximum absolute atomic E-state index is 13.1. The van der Waals surface area contributed by atoms with Gasteiger partial charge in [0.25, 0.3) is 11.8 Å². The molecular weight excluding hydrogens is 420 g/mol. The predicted octanol–water partition coefficient (Wildman–Crippen LogP) is 1.84. The summed E-state index contributed by atoms with van der Waals surface area (Å²) in [6.07, 6.45) is 2.87. The number of imide groups is 1. The van der Waals surface area contributed by atoms with Crippen LogP contribution in [0.3, 0.4) is 0 Å². The number of hydrogen-bond acceptors (Lipinski definition) is 6. The number of amides is 4. The van der Waals surface area contributed by atoms with Gasteiger partial charge >= 0.3 is 6.03 Å². The molecule has 0 saturated heterocycles. The highest BCUT2D eigenvalue weighted by Gasteiger charge is 2.33. The van der Waals surface area contributed by atoms with Crippen LogP contribution in [-0.4, -0.2) is 81.0 Å². The van der Waals surface area contributed by atoms with Gasteiger partial charge in [-0.2, -0.15) is 0 Å². The summed E-state index contributed by atoms with van der Waals surface area (Å²) in [6, 6.07) is 8.50. The Morgan fingerprint density at radius 2 is 1.76 bits per heavy atom. The standard InChI is InChI=1S/C24H34N6O3/c1-29(2)13-14-30-22(31)19-8-5-7-17-15-18(16-20(21(17)19)23(30)32)28-24(33)27-12-6-11-26-10-4-3-9-25/h5,7-8,15-16,26H,3-4,6,9-14,25H2,1-2H3,(H2,27,28,33). The van der Waals surface area contributed by atoms with E-state index in [4.69, 9.17) is 5.73 Å². The normalized spacial score (nSPS) is 13.2. The average molecular weight is 455 g/mol. The summed E-state index contributed by atoms with van der Waals surface area (Å²) in [4.78, 5) is 41.6. The molecule has 0 unspecified atom stereocenters. The number of urea groups is 1. The van der Waals surface area contributed by atoms with Crippen LogP contribution in [0.1, 0.15) is 40.0 Å². The number of anilines is 1. The third kappa shape index (κ3) is 6.28. The van der Waals surface area contributed by atoms with Crippen LogP contribution < -0.4 is 21.7 Å². The number of likely N-dealkylation sites (N-methyl/N-ethyl adjacent to an activating group) is 1. The molecule has 178 valence electrons. The van der Waals surface area contributed by atoms with Crippen molar-refractivity contribution < 1.29 is 14.4 Å². The minimum absolute atomic E-state index is 0.282. The molecule has 0 saturated carbocycles. The maximum Gasteiger partial charge on any atom is 0.319 e. The van der Waals surface area contributed by atoms with E-state index in [-0.39, 0.29) is 17.8 Å². The first-order chi connectivity index (χ1) is 15.9. The fraction of sp³-hybridized carbons (Fsp3) is 0.458. The summed E-state index contributed by atoms with van der Waals surface area (Å²) in [6.45, 7) is 3.86. The van der Waals surface area contributed by atoms with Crippen LogP contribution in [0, 0.1) is 0 Å². The SMILES string of the molecule is CN(C)CCN1C(=O)c2cccc3cc(NC(=O)NCCCNCCCCN)cc(c23)C1=O. The Morgan fingerprint density at radius 3 is 2.52 bits per heavy atom. The number of carbonyl (C=O) groups is 3. The van der Waals surface area contributed by atoms with Crippen LogP contribution in [0.5, 0.6) is 0 Å². The number of unbranched alkanes of at least 4 members (excludes halogenated alkanes) is 1. The third-order valence-electron chi connectivity index (χ3n) is 5.58. The molecule has 0 bridgehead atoms. The topological polar surface area (TPSA) is 120 Å². The number of benzene rings is 2. The molecule has 33 heavy (non-hydrogen) atoms. The van der Waals surface area contributed by atoms with Gasteiger partial charge in [-0.15, -0.1) is 0 Å². The lowest BCUT2D eigenvalue weighted by Gasteiger charge is -2.28. The van der Waals surface area contributed by atoms with Crippen molar-refractivity contribution in [3.8, 4) is 0 Å². The largest absolute Gasteiger partial charge is 0.338 e. The van der Waals surface area contributed by atoms with Crippen molar-refractivity contribution in [1.82, 2.24) is 20.4 Å². The van der Waals surface area contributed by atoms with Crippen molar-refractivity contribution in [2.45, 2.75) is 19.3 Å². The summed E-state index contributed by atoms with van der Waals surface area (Å²) in [5, 5.41) is 10.4. The highest BCUT2D eigenvalue weighted by atomic mass is 16.2. The van der Waals surface area contributed by atoms with E-state index < -0.39 is 0 Å². The third-order valence-corrected chi connectivity index (χ3v) is 5.58. The maximum atomic E-state index is 13.1. The van der Waals surface area contributed by atoms with Gasteiger partial charge in [0.05, 0.1) is 5.56 Å². The Hall–Kier alpha value is -3.01. The van der Waals surface area contributed by atoms with Gasteiger partial charge < -0.3 is 26.6 Å². The van der Waals surface area contributed by atoms with Crippen molar-refractivity contribution in [2.75, 3.05) is 58.7 Å². The molecule has 3 rings (SSSR count). The first-order valence-corrected chi connectivity index (χ1v) is 11.5. The summed E-state index contributed by atoms with van der Waals surface area (Å²) in [5.74, 6) is -0.620. The quantitative estimate of drug-likeness (QED) is 0.287. The van der Waals surface area contributed by atoms with E-state index >= 15 is 0 Å². The van der Waals surface area contributed by atoms with Gasteiger partial charge in [-0.05, 0) is 76.6 Å². The molecule has 1 aliphatic heterocycles. The van der Waals surface area contributed by atoms with E-state index in [1.165, 1.54) is 4.90 Å². The zero-order valence-corrected chi connectivity index (χ0v) is 19.4. The second kappa shape index (κ2) is 11.7. The molecule has 2 aromatic rings. The van der Waals surface area contributed by atoms with E-state index in [9.17, 15) is 14.4 Å². The van der Waals surface area contributed by atoms with Crippen LogP contribution in [0.15, 0.2) is 30.3 Å². The Balaban J connectivity index is 1.65. The van der Waals surface area contributed by atoms with Gasteiger partial charge in [-0.3, -0.25) is 14.5 Å². The summed E-state index contributed by atoms with van der Waals surface area (Å²) >= 11 is 0. The molecule has 0 atom stereocenters. The van der Waals surface area contributed by atoms with E-state index in [2.05, 4.69) is 16.0 Å². The van der Waals surface area contributed by atoms with E-state index in [1.807, 2.05) is 25.1 Å². The van der Waals surface area contributed by atoms with Gasteiger partial charge in [0.2, 0.25) is 0 Å². The highest BCUT2D eigenvalue weighted by Crippen LogP contribution is 2.32. The highest BCUT2D eigenvalue weighted by molar-refractivity contribution is 6.26. The van der Waals surface area contributed by atoms with Crippen molar-refractivity contribution in [2.24, 2.45) is 5.73 Å². The number of carbonyl (C=O) groups excluding carboxylic acids is 3. The van der Waals surface area contributed by atoms with Crippen LogP contribution >= 0.6 is 0 Å². The fourth-order valence-corrected chi connectivity index (χ4v) is 3.84. The van der Waals surface area contributed by atoms with Crippen molar-refractivity contribution in [3.63, 3.8) is 0 Å². The number of nitrogens with one attached hydrogen (secondary N) is 3. The molecule has 0 aliphatic carbocycles. The van der Waals surface area contributed by atoms with Crippen LogP contribution in [-0.2, 0) is 0 Å². The molecular formula is C24H34N6O3. The first kappa shape index (κ1) is 24.6. The van der Waals surface area contributed by atoms with Crippen molar-refractivity contribution >= 4 is 34.3 Å². The number of rotatable bonds is 12. The Labute approximate surface area is 194 Å². The summed E-state index contributed by atoms with van der Waals surface area (Å²) in [7, 11) is 3.79. The second-order valence-corrected chi connectivity index (χ2v) is 8.47. The van der Waals surface area contributed by atoms with Crippen LogP contribution in [0.4, 0.5) is 10.5 Å². The molecule has 2 aromatic carbocycles. The van der Waals surface area contributed by atoms with Gasteiger partial charge in [0, 0.05) is 36.3 Å². The zero-order valence-electron chi connectivity index (χ0n) is 19.4. The molecule has 9 heteroatoms. The molecule has 4 amide bonds. The number of hydrogen-bond donors (Lipinski definition) is 4. The Bertz CT molecular complexity index is 1010. The summed E-state index contributed by atoms with van der Waals surface area (Å²) < 4.78 is 0. The molecule has 9 nitrogen and oxygen atoms in total. The minimum Gasteiger partial charge on any atom is -0.338 e. The average Bonchev–Trinajstić information content (AvgIpc) is 2.78. The first-order valence-electron chi connectivity index (χ1n) is 11.5. The second-order valence-electron chi connectivity index (χ2n) is 8.47. The Kier molecular flexibility index (Phi) is 8.76. The van der Waals surface area contributed by atoms with E-state index in [0.29, 0.717) is 48.4 Å². The molecule has 1 heterocycles. The van der Waals surface area contributed by atoms with Crippen molar-refractivity contribution in [3.05, 3.63) is 41.5 Å². The lowest BCUT2D eigenvalue weighted by molar-refractivity contribution is 0.0601. The van der Waals surface area contributed by atoms with Gasteiger partial charge in [-0.25, -0.2) is 4.79 Å². The van der Waals surface area contributed by atoms with E-state index in [1.54, 1.807) is 24.3 Å². The van der Waals surface area contributed by atoms with Gasteiger partial charge in [0.1, 0.15) is 0 Å². The van der Waals surface area contributed by atoms with E-state index in [0.717, 1.165) is 37.7 Å². The Morgan fingerprint density at radius 1 is 1.00 bits per heavy atom. The zero-order chi connectivity index (χ0) is 23.8. The number of nitrogens with two attached hydrogens (primary N) is 1. The van der Waals surface area contributed by atoms with Crippen LogP contribution in [0.25, 0.3) is 10.8 Å². The van der Waals surface area contributed by atoms with Crippen molar-refractivity contribution in [1.29, 1.82) is 0 Å². The smallest absolute Gasteiger partial charge is 0.319 e. The molecule has 0 fully saturated rings. The monoisotopic (exact) mass is 454 g/mol. The molecule has 0 spiro atoms. The molecule has 0 radical (unpaired) electrons. The number of nitrogens with zero attached hydrogens (tertiary/aromatic N) is 2. The lowest BCUT2D eigenvalue weighted by atomic mass is 9.93. The minimum atomic E-state index is -0.338. The molecule has 0 aromatic heterocycles. The van der Waals surface area contributed by atoms with Gasteiger partial charge in [0.15, 0.2) is 0 Å².